The summed E-state index contributed by atoms with van der Waals surface area (Å²) in [6, 6.07) is 11.8. The van der Waals surface area contributed by atoms with Crippen molar-refractivity contribution in [1.82, 2.24) is 5.32 Å². The van der Waals surface area contributed by atoms with Crippen LogP contribution in [0.15, 0.2) is 36.4 Å². The minimum Gasteiger partial charge on any atom is -0.508 e. The molecule has 0 radical (unpaired) electrons. The molecule has 0 amide bonds. The topological polar surface area (TPSA) is 67.8 Å². The van der Waals surface area contributed by atoms with Crippen molar-refractivity contribution in [3.63, 3.8) is 0 Å². The standard InChI is InChI=1S/C23H31NO4/c1-5-27-23(26)15-28-22-13-16(2)20(12-17(22)3)10-11-24-18(4)14-19-6-8-21(25)9-7-19/h6-9,12-13,18,24-25H,5,10-11,14-15H2,1-4H3/t18-/m0/s1. The average Bonchev–Trinajstić information content (AvgIpc) is 2.65. The first-order chi connectivity index (χ1) is 13.4. The van der Waals surface area contributed by atoms with Gasteiger partial charge in [0, 0.05) is 6.04 Å². The second kappa shape index (κ2) is 10.7. The lowest BCUT2D eigenvalue weighted by Gasteiger charge is -2.16. The van der Waals surface area contributed by atoms with Gasteiger partial charge < -0.3 is 19.9 Å². The van der Waals surface area contributed by atoms with Gasteiger partial charge in [-0.15, -0.1) is 0 Å². The van der Waals surface area contributed by atoms with Gasteiger partial charge >= 0.3 is 5.97 Å². The molecule has 28 heavy (non-hydrogen) atoms. The third-order valence-corrected chi connectivity index (χ3v) is 4.65. The number of hydrogen-bond acceptors (Lipinski definition) is 5. The van der Waals surface area contributed by atoms with Gasteiger partial charge in [0.25, 0.3) is 0 Å². The van der Waals surface area contributed by atoms with Crippen LogP contribution in [0.3, 0.4) is 0 Å². The van der Waals surface area contributed by atoms with Gasteiger partial charge in [-0.3, -0.25) is 0 Å². The van der Waals surface area contributed by atoms with Gasteiger partial charge in [-0.2, -0.15) is 0 Å². The molecule has 0 unspecified atom stereocenters. The number of carbonyl (C=O) groups excluding carboxylic acids is 1. The number of esters is 1. The Balaban J connectivity index is 1.84. The van der Waals surface area contributed by atoms with E-state index in [0.29, 0.717) is 18.4 Å². The van der Waals surface area contributed by atoms with Crippen LogP contribution >= 0.6 is 0 Å². The largest absolute Gasteiger partial charge is 0.508 e. The van der Waals surface area contributed by atoms with Crippen LogP contribution in [0.2, 0.25) is 0 Å². The highest BCUT2D eigenvalue weighted by atomic mass is 16.6. The fourth-order valence-corrected chi connectivity index (χ4v) is 3.12. The average molecular weight is 386 g/mol. The van der Waals surface area contributed by atoms with Crippen LogP contribution in [-0.4, -0.2) is 36.9 Å². The van der Waals surface area contributed by atoms with Crippen molar-refractivity contribution in [1.29, 1.82) is 0 Å². The fraction of sp³-hybridized carbons (Fsp3) is 0.435. The highest BCUT2D eigenvalue weighted by molar-refractivity contribution is 5.71. The number of rotatable bonds is 10. The summed E-state index contributed by atoms with van der Waals surface area (Å²) in [6.45, 7) is 9.17. The Hall–Kier alpha value is -2.53. The minimum atomic E-state index is -0.351. The van der Waals surface area contributed by atoms with E-state index in [9.17, 15) is 9.90 Å². The van der Waals surface area contributed by atoms with E-state index in [1.807, 2.05) is 25.1 Å². The minimum absolute atomic E-state index is 0.0657. The van der Waals surface area contributed by atoms with Gasteiger partial charge in [0.15, 0.2) is 6.61 Å². The van der Waals surface area contributed by atoms with E-state index in [-0.39, 0.29) is 12.6 Å². The molecule has 0 fully saturated rings. The summed E-state index contributed by atoms with van der Waals surface area (Å²) in [4.78, 5) is 11.5. The van der Waals surface area contributed by atoms with Crippen LogP contribution in [0, 0.1) is 13.8 Å². The molecule has 0 bridgehead atoms. The van der Waals surface area contributed by atoms with Crippen molar-refractivity contribution < 1.29 is 19.4 Å². The number of hydrogen-bond donors (Lipinski definition) is 2. The molecule has 2 N–H and O–H groups in total. The number of phenols is 1. The summed E-state index contributed by atoms with van der Waals surface area (Å²) >= 11 is 0. The van der Waals surface area contributed by atoms with Crippen LogP contribution in [0.4, 0.5) is 0 Å². The fourth-order valence-electron chi connectivity index (χ4n) is 3.12. The lowest BCUT2D eigenvalue weighted by atomic mass is 10.0. The highest BCUT2D eigenvalue weighted by Crippen LogP contribution is 2.23. The first-order valence-electron chi connectivity index (χ1n) is 9.78. The lowest BCUT2D eigenvalue weighted by molar-refractivity contribution is -0.145. The SMILES string of the molecule is CCOC(=O)COc1cc(C)c(CCN[C@@H](C)Cc2ccc(O)cc2)cc1C. The van der Waals surface area contributed by atoms with Gasteiger partial charge in [-0.1, -0.05) is 18.2 Å². The molecule has 0 saturated carbocycles. The number of aryl methyl sites for hydroxylation is 2. The Morgan fingerprint density at radius 2 is 1.86 bits per heavy atom. The van der Waals surface area contributed by atoms with Crippen molar-refractivity contribution >= 4 is 5.97 Å². The van der Waals surface area contributed by atoms with E-state index in [1.54, 1.807) is 19.1 Å². The molecule has 0 aliphatic heterocycles. The molecule has 1 atom stereocenters. The van der Waals surface area contributed by atoms with E-state index in [4.69, 9.17) is 9.47 Å². The quantitative estimate of drug-likeness (QED) is 0.610. The summed E-state index contributed by atoms with van der Waals surface area (Å²) in [5, 5.41) is 12.9. The number of ether oxygens (including phenoxy) is 2. The monoisotopic (exact) mass is 385 g/mol. The maximum absolute atomic E-state index is 11.5. The van der Waals surface area contributed by atoms with Crippen molar-refractivity contribution in [2.45, 2.75) is 46.6 Å². The van der Waals surface area contributed by atoms with Crippen molar-refractivity contribution in [2.75, 3.05) is 19.8 Å². The third kappa shape index (κ3) is 6.89. The Morgan fingerprint density at radius 1 is 1.14 bits per heavy atom. The summed E-state index contributed by atoms with van der Waals surface area (Å²) in [5.74, 6) is 0.670. The summed E-state index contributed by atoms with van der Waals surface area (Å²) in [6.07, 6.45) is 1.84. The Bertz CT molecular complexity index is 771. The first kappa shape index (κ1) is 21.8. The van der Waals surface area contributed by atoms with E-state index in [0.717, 1.165) is 36.3 Å². The Kier molecular flexibility index (Phi) is 8.33. The molecule has 2 aromatic carbocycles. The maximum atomic E-state index is 11.5. The molecule has 0 saturated heterocycles. The molecule has 5 nitrogen and oxygen atoms in total. The zero-order chi connectivity index (χ0) is 20.5. The van der Waals surface area contributed by atoms with Gasteiger partial charge in [-0.25, -0.2) is 4.79 Å². The van der Waals surface area contributed by atoms with E-state index in [2.05, 4.69) is 25.2 Å². The summed E-state index contributed by atoms with van der Waals surface area (Å²) in [7, 11) is 0. The van der Waals surface area contributed by atoms with Crippen molar-refractivity contribution in [3.8, 4) is 11.5 Å². The maximum Gasteiger partial charge on any atom is 0.344 e. The Morgan fingerprint density at radius 3 is 2.54 bits per heavy atom. The summed E-state index contributed by atoms with van der Waals surface area (Å²) < 4.78 is 10.5. The number of nitrogens with one attached hydrogen (secondary N) is 1. The molecule has 2 rings (SSSR count). The second-order valence-corrected chi connectivity index (χ2v) is 7.11. The number of carbonyl (C=O) groups is 1. The molecular formula is C23H31NO4. The molecule has 0 aliphatic rings. The van der Waals surface area contributed by atoms with Gasteiger partial charge in [0.05, 0.1) is 6.61 Å². The van der Waals surface area contributed by atoms with Gasteiger partial charge in [-0.05, 0) is 87.5 Å². The third-order valence-electron chi connectivity index (χ3n) is 4.65. The first-order valence-corrected chi connectivity index (χ1v) is 9.78. The highest BCUT2D eigenvalue weighted by Gasteiger charge is 2.09. The molecule has 0 heterocycles. The molecule has 5 heteroatoms. The molecule has 0 aliphatic carbocycles. The normalized spacial score (nSPS) is 11.9. The molecule has 2 aromatic rings. The number of benzene rings is 2. The zero-order valence-electron chi connectivity index (χ0n) is 17.2. The molecular weight excluding hydrogens is 354 g/mol. The number of aromatic hydroxyl groups is 1. The van der Waals surface area contributed by atoms with E-state index < -0.39 is 0 Å². The smallest absolute Gasteiger partial charge is 0.344 e. The van der Waals surface area contributed by atoms with Crippen LogP contribution < -0.4 is 10.1 Å². The van der Waals surface area contributed by atoms with E-state index in [1.165, 1.54) is 11.1 Å². The summed E-state index contributed by atoms with van der Waals surface area (Å²) in [5.41, 5.74) is 4.64. The predicted molar refractivity (Wildman–Crippen MR) is 111 cm³/mol. The van der Waals surface area contributed by atoms with Crippen molar-refractivity contribution in [3.05, 3.63) is 58.7 Å². The molecule has 0 aromatic heterocycles. The van der Waals surface area contributed by atoms with Crippen LogP contribution in [0.5, 0.6) is 11.5 Å². The van der Waals surface area contributed by atoms with Crippen LogP contribution in [-0.2, 0) is 22.4 Å². The van der Waals surface area contributed by atoms with E-state index >= 15 is 0 Å². The molecule has 152 valence electrons. The van der Waals surface area contributed by atoms with Crippen LogP contribution in [0.25, 0.3) is 0 Å². The second-order valence-electron chi connectivity index (χ2n) is 7.11. The Labute approximate surface area is 167 Å². The van der Waals surface area contributed by atoms with Gasteiger partial charge in [0.2, 0.25) is 0 Å². The van der Waals surface area contributed by atoms with Gasteiger partial charge in [0.1, 0.15) is 11.5 Å². The van der Waals surface area contributed by atoms with Crippen molar-refractivity contribution in [2.24, 2.45) is 0 Å². The molecule has 0 spiro atoms. The number of phenolic OH excluding ortho intramolecular Hbond substituents is 1. The lowest BCUT2D eigenvalue weighted by Crippen LogP contribution is -2.30. The predicted octanol–water partition coefficient (Wildman–Crippen LogP) is 3.71. The van der Waals surface area contributed by atoms with Crippen LogP contribution in [0.1, 0.15) is 36.1 Å². The zero-order valence-corrected chi connectivity index (χ0v) is 17.2.